The van der Waals surface area contributed by atoms with Crippen LogP contribution in [0, 0.1) is 10.8 Å². The van der Waals surface area contributed by atoms with E-state index in [1.807, 2.05) is 0 Å². The molecule has 0 aromatic carbocycles. The van der Waals surface area contributed by atoms with E-state index in [9.17, 15) is 19.2 Å². The fourth-order valence-electron chi connectivity index (χ4n) is 1.35. The lowest BCUT2D eigenvalue weighted by molar-refractivity contribution is -0.143. The second-order valence-electron chi connectivity index (χ2n) is 6.69. The van der Waals surface area contributed by atoms with E-state index in [0.717, 1.165) is 12.2 Å². The molecule has 8 heteroatoms. The van der Waals surface area contributed by atoms with Crippen LogP contribution in [0.25, 0.3) is 0 Å². The molecule has 0 aliphatic carbocycles. The first-order valence-electron chi connectivity index (χ1n) is 7.21. The molecule has 0 rings (SSSR count). The Morgan fingerprint density at radius 3 is 1.46 bits per heavy atom. The van der Waals surface area contributed by atoms with E-state index in [4.69, 9.17) is 9.47 Å². The zero-order valence-electron chi connectivity index (χ0n) is 14.3. The van der Waals surface area contributed by atoms with Crippen molar-refractivity contribution in [3.8, 4) is 0 Å². The van der Waals surface area contributed by atoms with Crippen LogP contribution in [0.5, 0.6) is 0 Å². The maximum absolute atomic E-state index is 11.5. The summed E-state index contributed by atoms with van der Waals surface area (Å²) in [4.78, 5) is 50.1. The largest absolute Gasteiger partial charge is 0.462 e. The first-order chi connectivity index (χ1) is 11.1. The molecule has 132 valence electrons. The van der Waals surface area contributed by atoms with E-state index in [1.54, 1.807) is 27.7 Å². The molecule has 0 heterocycles. The Kier molecular flexibility index (Phi) is 9.16. The lowest BCUT2D eigenvalue weighted by Gasteiger charge is -2.20. The molecule has 0 aromatic rings. The van der Waals surface area contributed by atoms with Gasteiger partial charge in [0.15, 0.2) is 0 Å². The van der Waals surface area contributed by atoms with Crippen LogP contribution in [0.4, 0.5) is 0 Å². The molecule has 0 radical (unpaired) electrons. The third kappa shape index (κ3) is 11.1. The van der Waals surface area contributed by atoms with Gasteiger partial charge < -0.3 is 9.47 Å². The summed E-state index contributed by atoms with van der Waals surface area (Å²) in [5.74, 6) is -1.42. The van der Waals surface area contributed by atoms with Gasteiger partial charge in [0.05, 0.1) is 26.3 Å². The van der Waals surface area contributed by atoms with Crippen molar-refractivity contribution < 1.29 is 28.7 Å². The Balaban J connectivity index is 4.28. The van der Waals surface area contributed by atoms with Crippen LogP contribution in [0.1, 0.15) is 27.7 Å². The molecule has 0 atom stereocenters. The van der Waals surface area contributed by atoms with E-state index in [-0.39, 0.29) is 26.3 Å². The standard InChI is InChI=1S/C16H22N2O6/c1-15(2,7-17-11-19)9-23-13(21)5-6-14(22)24-10-16(3,4)8-18-12-20/h5-6H,7-10H2,1-4H3. The number of hydrogen-bond acceptors (Lipinski definition) is 8. The third-order valence-electron chi connectivity index (χ3n) is 2.71. The van der Waals surface area contributed by atoms with Gasteiger partial charge in [-0.05, 0) is 0 Å². The van der Waals surface area contributed by atoms with Gasteiger partial charge in [0.25, 0.3) is 0 Å². The van der Waals surface area contributed by atoms with Crippen LogP contribution in [-0.4, -0.2) is 50.4 Å². The van der Waals surface area contributed by atoms with Crippen molar-refractivity contribution in [2.45, 2.75) is 27.7 Å². The van der Waals surface area contributed by atoms with Crippen molar-refractivity contribution in [2.24, 2.45) is 20.8 Å². The minimum atomic E-state index is -0.708. The number of hydrogen-bond donors (Lipinski definition) is 0. The molecule has 0 fully saturated rings. The summed E-state index contributed by atoms with van der Waals surface area (Å²) in [6.45, 7) is 7.49. The lowest BCUT2D eigenvalue weighted by Crippen LogP contribution is -2.25. The maximum atomic E-state index is 11.5. The number of ether oxygens (including phenoxy) is 2. The van der Waals surface area contributed by atoms with E-state index in [0.29, 0.717) is 0 Å². The number of nitrogens with zero attached hydrogens (tertiary/aromatic N) is 2. The quantitative estimate of drug-likeness (QED) is 0.257. The van der Waals surface area contributed by atoms with Gasteiger partial charge in [0.2, 0.25) is 12.2 Å². The highest BCUT2D eigenvalue weighted by molar-refractivity contribution is 5.91. The fraction of sp³-hybridized carbons (Fsp3) is 0.625. The van der Waals surface area contributed by atoms with Gasteiger partial charge in [0, 0.05) is 23.0 Å². The zero-order valence-corrected chi connectivity index (χ0v) is 14.3. The van der Waals surface area contributed by atoms with E-state index < -0.39 is 22.8 Å². The molecule has 0 bridgehead atoms. The molecule has 0 unspecified atom stereocenters. The van der Waals surface area contributed by atoms with Crippen molar-refractivity contribution in [2.75, 3.05) is 26.3 Å². The van der Waals surface area contributed by atoms with Crippen molar-refractivity contribution in [1.82, 2.24) is 0 Å². The molecule has 0 N–H and O–H groups in total. The average molecular weight is 338 g/mol. The van der Waals surface area contributed by atoms with E-state index >= 15 is 0 Å². The van der Waals surface area contributed by atoms with Crippen LogP contribution in [0.3, 0.4) is 0 Å². The number of aliphatic imine (C=N–C) groups is 2. The Labute approximate surface area is 140 Å². The van der Waals surface area contributed by atoms with Gasteiger partial charge >= 0.3 is 11.9 Å². The maximum Gasteiger partial charge on any atom is 0.331 e. The molecule has 24 heavy (non-hydrogen) atoms. The van der Waals surface area contributed by atoms with Crippen molar-refractivity contribution in [3.63, 3.8) is 0 Å². The lowest BCUT2D eigenvalue weighted by atomic mass is 9.95. The van der Waals surface area contributed by atoms with E-state index in [1.165, 1.54) is 12.2 Å². The van der Waals surface area contributed by atoms with Gasteiger partial charge in [-0.15, -0.1) is 0 Å². The third-order valence-corrected chi connectivity index (χ3v) is 2.71. The van der Waals surface area contributed by atoms with Gasteiger partial charge in [-0.3, -0.25) is 0 Å². The van der Waals surface area contributed by atoms with E-state index in [2.05, 4.69) is 9.98 Å². The molecular weight excluding hydrogens is 316 g/mol. The molecular formula is C16H22N2O6. The summed E-state index contributed by atoms with van der Waals surface area (Å²) in [5.41, 5.74) is -1.02. The Morgan fingerprint density at radius 2 is 1.17 bits per heavy atom. The molecule has 0 amide bonds. The highest BCUT2D eigenvalue weighted by Gasteiger charge is 2.21. The minimum absolute atomic E-state index is 0.0349. The summed E-state index contributed by atoms with van der Waals surface area (Å²) < 4.78 is 9.94. The van der Waals surface area contributed by atoms with Crippen LogP contribution >= 0.6 is 0 Å². The molecule has 0 aromatic heterocycles. The molecule has 0 saturated carbocycles. The second-order valence-corrected chi connectivity index (χ2v) is 6.69. The SMILES string of the molecule is CC(C)(CN=C=O)COC(=O)C=CC(=O)OCC(C)(C)CN=C=O. The number of carbonyl (C=O) groups is 2. The Bertz CT molecular complexity index is 517. The van der Waals surface area contributed by atoms with Crippen LogP contribution in [0.15, 0.2) is 22.1 Å². The molecule has 8 nitrogen and oxygen atoms in total. The predicted octanol–water partition coefficient (Wildman–Crippen LogP) is 1.35. The number of esters is 2. The summed E-state index contributed by atoms with van der Waals surface area (Å²) in [7, 11) is 0. The van der Waals surface area contributed by atoms with Crippen LogP contribution in [-0.2, 0) is 28.7 Å². The first-order valence-corrected chi connectivity index (χ1v) is 7.21. The summed E-state index contributed by atoms with van der Waals surface area (Å²) in [5, 5.41) is 0. The van der Waals surface area contributed by atoms with Gasteiger partial charge in [-0.2, -0.15) is 0 Å². The second kappa shape index (κ2) is 10.3. The molecule has 0 saturated heterocycles. The topological polar surface area (TPSA) is 111 Å². The summed E-state index contributed by atoms with van der Waals surface area (Å²) in [6.07, 6.45) is 4.76. The summed E-state index contributed by atoms with van der Waals surface area (Å²) in [6, 6.07) is 0. The number of isocyanates is 2. The number of rotatable bonds is 10. The van der Waals surface area contributed by atoms with Crippen LogP contribution in [0.2, 0.25) is 0 Å². The van der Waals surface area contributed by atoms with Crippen LogP contribution < -0.4 is 0 Å². The first kappa shape index (κ1) is 21.4. The zero-order chi connectivity index (χ0) is 18.6. The average Bonchev–Trinajstić information content (AvgIpc) is 2.53. The van der Waals surface area contributed by atoms with Crippen molar-refractivity contribution >= 4 is 24.1 Å². The van der Waals surface area contributed by atoms with Crippen molar-refractivity contribution in [1.29, 1.82) is 0 Å². The summed E-state index contributed by atoms with van der Waals surface area (Å²) >= 11 is 0. The molecule has 0 aliphatic heterocycles. The number of carbonyl (C=O) groups excluding carboxylic acids is 4. The Morgan fingerprint density at radius 1 is 0.833 bits per heavy atom. The highest BCUT2D eigenvalue weighted by atomic mass is 16.5. The monoisotopic (exact) mass is 338 g/mol. The molecule has 0 spiro atoms. The molecule has 0 aliphatic rings. The fourth-order valence-corrected chi connectivity index (χ4v) is 1.35. The minimum Gasteiger partial charge on any atom is -0.462 e. The normalized spacial score (nSPS) is 11.3. The smallest absolute Gasteiger partial charge is 0.331 e. The predicted molar refractivity (Wildman–Crippen MR) is 84.6 cm³/mol. The van der Waals surface area contributed by atoms with Gasteiger partial charge in [0.1, 0.15) is 0 Å². The van der Waals surface area contributed by atoms with Gasteiger partial charge in [-0.25, -0.2) is 29.2 Å². The van der Waals surface area contributed by atoms with Gasteiger partial charge in [-0.1, -0.05) is 27.7 Å². The Hall–Kier alpha value is -2.56. The van der Waals surface area contributed by atoms with Crippen molar-refractivity contribution in [3.05, 3.63) is 12.2 Å². The highest BCUT2D eigenvalue weighted by Crippen LogP contribution is 2.16.